The van der Waals surface area contributed by atoms with E-state index in [2.05, 4.69) is 15.6 Å². The van der Waals surface area contributed by atoms with Gasteiger partial charge in [0.1, 0.15) is 5.82 Å². The number of rotatable bonds is 7. The van der Waals surface area contributed by atoms with Crippen LogP contribution < -0.4 is 16.4 Å². The summed E-state index contributed by atoms with van der Waals surface area (Å²) in [6.07, 6.45) is 6.32. The summed E-state index contributed by atoms with van der Waals surface area (Å²) >= 11 is 0. The fraction of sp³-hybridized carbons (Fsp3) is 0.409. The largest absolute Gasteiger partial charge is 0.384 e. The highest BCUT2D eigenvalue weighted by molar-refractivity contribution is 5.91. The van der Waals surface area contributed by atoms with Crippen molar-refractivity contribution in [1.82, 2.24) is 14.6 Å². The molecule has 1 amide bonds. The van der Waals surface area contributed by atoms with Gasteiger partial charge in [-0.2, -0.15) is 0 Å². The van der Waals surface area contributed by atoms with Gasteiger partial charge in [-0.25, -0.2) is 9.50 Å². The van der Waals surface area contributed by atoms with Crippen LogP contribution in [-0.2, 0) is 9.53 Å². The summed E-state index contributed by atoms with van der Waals surface area (Å²) in [5.41, 5.74) is 9.32. The van der Waals surface area contributed by atoms with E-state index in [0.29, 0.717) is 25.1 Å². The normalized spacial score (nSPS) is 19.0. The molecule has 0 saturated heterocycles. The van der Waals surface area contributed by atoms with Crippen LogP contribution in [0.1, 0.15) is 32.1 Å². The van der Waals surface area contributed by atoms with Gasteiger partial charge in [0.2, 0.25) is 5.91 Å². The lowest BCUT2D eigenvalue weighted by molar-refractivity contribution is -0.117. The van der Waals surface area contributed by atoms with Gasteiger partial charge in [0.15, 0.2) is 5.65 Å². The van der Waals surface area contributed by atoms with Gasteiger partial charge in [-0.05, 0) is 49.9 Å². The van der Waals surface area contributed by atoms with Gasteiger partial charge in [-0.1, -0.05) is 12.1 Å². The number of ether oxygens (including phenoxy) is 1. The maximum absolute atomic E-state index is 12.0. The van der Waals surface area contributed by atoms with Crippen LogP contribution in [0.25, 0.3) is 16.9 Å². The van der Waals surface area contributed by atoms with Crippen LogP contribution in [0, 0.1) is 0 Å². The molecule has 0 atom stereocenters. The summed E-state index contributed by atoms with van der Waals surface area (Å²) < 4.78 is 6.80. The molecule has 3 aromatic rings. The number of hydrogen-bond donors (Lipinski definition) is 3. The van der Waals surface area contributed by atoms with E-state index in [0.717, 1.165) is 54.1 Å². The summed E-state index contributed by atoms with van der Waals surface area (Å²) in [7, 11) is 1.58. The highest BCUT2D eigenvalue weighted by atomic mass is 16.5. The highest BCUT2D eigenvalue weighted by Crippen LogP contribution is 2.25. The molecular weight excluding hydrogens is 380 g/mol. The summed E-state index contributed by atoms with van der Waals surface area (Å²) in [5, 5.41) is 11.2. The molecule has 4 N–H and O–H groups in total. The van der Waals surface area contributed by atoms with Crippen molar-refractivity contribution in [2.24, 2.45) is 5.73 Å². The molecule has 158 valence electrons. The van der Waals surface area contributed by atoms with Gasteiger partial charge in [0.25, 0.3) is 0 Å². The number of amides is 1. The first-order valence-corrected chi connectivity index (χ1v) is 10.4. The minimum atomic E-state index is -0.0797. The van der Waals surface area contributed by atoms with E-state index in [1.807, 2.05) is 40.9 Å². The Balaban J connectivity index is 1.54. The second-order valence-corrected chi connectivity index (χ2v) is 7.76. The molecule has 30 heavy (non-hydrogen) atoms. The second-order valence-electron chi connectivity index (χ2n) is 7.76. The van der Waals surface area contributed by atoms with E-state index in [1.54, 1.807) is 13.3 Å². The smallest absolute Gasteiger partial charge is 0.226 e. The van der Waals surface area contributed by atoms with Crippen molar-refractivity contribution in [2.45, 2.75) is 44.2 Å². The average Bonchev–Trinajstić information content (AvgIpc) is 3.17. The minimum absolute atomic E-state index is 0.0797. The third-order valence-corrected chi connectivity index (χ3v) is 5.46. The number of nitrogens with one attached hydrogen (secondary N) is 2. The molecule has 0 radical (unpaired) electrons. The van der Waals surface area contributed by atoms with E-state index < -0.39 is 0 Å². The summed E-state index contributed by atoms with van der Waals surface area (Å²) in [6, 6.07) is 12.3. The van der Waals surface area contributed by atoms with Crippen LogP contribution in [0.2, 0.25) is 0 Å². The van der Waals surface area contributed by atoms with Crippen LogP contribution >= 0.6 is 0 Å². The number of imidazole rings is 1. The number of fused-ring (bicyclic) bond motifs is 1. The van der Waals surface area contributed by atoms with Crippen molar-refractivity contribution < 1.29 is 9.53 Å². The molecule has 1 aliphatic carbocycles. The fourth-order valence-corrected chi connectivity index (χ4v) is 3.79. The topological polar surface area (TPSA) is 107 Å². The lowest BCUT2D eigenvalue weighted by atomic mass is 9.92. The Labute approximate surface area is 175 Å². The zero-order valence-electron chi connectivity index (χ0n) is 17.2. The predicted molar refractivity (Wildman–Crippen MR) is 117 cm³/mol. The van der Waals surface area contributed by atoms with Crippen LogP contribution in [-0.4, -0.2) is 46.3 Å². The van der Waals surface area contributed by atoms with Crippen molar-refractivity contribution in [3.8, 4) is 11.3 Å². The lowest BCUT2D eigenvalue weighted by Crippen LogP contribution is -2.33. The molecule has 0 bridgehead atoms. The van der Waals surface area contributed by atoms with Crippen LogP contribution in [0.3, 0.4) is 0 Å². The lowest BCUT2D eigenvalue weighted by Gasteiger charge is -2.27. The molecule has 1 fully saturated rings. The standard InChI is InChI=1S/C22H28N6O2/c1-30-12-11-22(29)26-18-4-2-3-15(13-18)19-14-24-21-10-9-20(27-28(19)21)25-17-7-5-16(23)6-8-17/h2-4,9-10,13-14,16-17H,5-8,11-12,23H2,1H3,(H,25,27)(H,26,29)/t16-,17-. The number of carbonyl (C=O) groups is 1. The number of benzene rings is 1. The Morgan fingerprint density at radius 1 is 1.23 bits per heavy atom. The van der Waals surface area contributed by atoms with Crippen LogP contribution in [0.5, 0.6) is 0 Å². The number of hydrogen-bond acceptors (Lipinski definition) is 6. The third-order valence-electron chi connectivity index (χ3n) is 5.46. The van der Waals surface area contributed by atoms with Crippen molar-refractivity contribution in [3.05, 3.63) is 42.6 Å². The highest BCUT2D eigenvalue weighted by Gasteiger charge is 2.19. The molecule has 8 heteroatoms. The molecule has 2 aromatic heterocycles. The van der Waals surface area contributed by atoms with E-state index >= 15 is 0 Å². The fourth-order valence-electron chi connectivity index (χ4n) is 3.79. The van der Waals surface area contributed by atoms with Crippen LogP contribution in [0.15, 0.2) is 42.6 Å². The van der Waals surface area contributed by atoms with E-state index in [-0.39, 0.29) is 5.91 Å². The quantitative estimate of drug-likeness (QED) is 0.555. The number of nitrogens with zero attached hydrogens (tertiary/aromatic N) is 3. The molecule has 4 rings (SSSR count). The van der Waals surface area contributed by atoms with E-state index in [9.17, 15) is 4.79 Å². The zero-order valence-corrected chi connectivity index (χ0v) is 17.2. The SMILES string of the molecule is COCCC(=O)Nc1cccc(-c2cnc3ccc(N[C@H]4CC[C@H](N)CC4)nn23)c1. The Morgan fingerprint density at radius 3 is 2.87 bits per heavy atom. The molecule has 1 aliphatic rings. The maximum Gasteiger partial charge on any atom is 0.226 e. The maximum atomic E-state index is 12.0. The minimum Gasteiger partial charge on any atom is -0.384 e. The predicted octanol–water partition coefficient (Wildman–Crippen LogP) is 3.05. The van der Waals surface area contributed by atoms with Gasteiger partial charge in [0, 0.05) is 30.4 Å². The van der Waals surface area contributed by atoms with Crippen molar-refractivity contribution >= 4 is 23.1 Å². The molecule has 2 heterocycles. The van der Waals surface area contributed by atoms with Gasteiger partial charge in [-0.15, -0.1) is 5.10 Å². The van der Waals surface area contributed by atoms with Crippen molar-refractivity contribution in [1.29, 1.82) is 0 Å². The number of anilines is 2. The molecule has 8 nitrogen and oxygen atoms in total. The molecule has 1 saturated carbocycles. The number of carbonyl (C=O) groups excluding carboxylic acids is 1. The van der Waals surface area contributed by atoms with Gasteiger partial charge < -0.3 is 21.1 Å². The van der Waals surface area contributed by atoms with Crippen LogP contribution in [0.4, 0.5) is 11.5 Å². The molecule has 0 spiro atoms. The zero-order chi connectivity index (χ0) is 20.9. The van der Waals surface area contributed by atoms with E-state index in [4.69, 9.17) is 15.6 Å². The summed E-state index contributed by atoms with van der Waals surface area (Å²) in [4.78, 5) is 16.5. The molecular formula is C22H28N6O2. The molecule has 0 unspecified atom stereocenters. The Morgan fingerprint density at radius 2 is 2.07 bits per heavy atom. The van der Waals surface area contributed by atoms with Gasteiger partial charge in [0.05, 0.1) is 24.9 Å². The Bertz CT molecular complexity index is 1010. The second kappa shape index (κ2) is 9.23. The third kappa shape index (κ3) is 4.77. The first-order chi connectivity index (χ1) is 14.6. The Hall–Kier alpha value is -2.97. The van der Waals surface area contributed by atoms with Gasteiger partial charge >= 0.3 is 0 Å². The number of methoxy groups -OCH3 is 1. The molecule has 0 aliphatic heterocycles. The monoisotopic (exact) mass is 408 g/mol. The molecule has 1 aromatic carbocycles. The van der Waals surface area contributed by atoms with Crippen molar-refractivity contribution in [2.75, 3.05) is 24.4 Å². The summed E-state index contributed by atoms with van der Waals surface area (Å²) in [5.74, 6) is 0.746. The first-order valence-electron chi connectivity index (χ1n) is 10.4. The van der Waals surface area contributed by atoms with Crippen molar-refractivity contribution in [3.63, 3.8) is 0 Å². The summed E-state index contributed by atoms with van der Waals surface area (Å²) in [6.45, 7) is 0.394. The van der Waals surface area contributed by atoms with Gasteiger partial charge in [-0.3, -0.25) is 4.79 Å². The number of nitrogens with two attached hydrogens (primary N) is 1. The average molecular weight is 409 g/mol. The Kier molecular flexibility index (Phi) is 6.25. The number of aromatic nitrogens is 3. The first kappa shape index (κ1) is 20.3. The van der Waals surface area contributed by atoms with E-state index in [1.165, 1.54) is 0 Å².